The zero-order chi connectivity index (χ0) is 23.8. The monoisotopic (exact) mass is 451 g/mol. The molecule has 0 fully saturated rings. The number of hydrogen-bond donors (Lipinski definition) is 1. The SMILES string of the molecule is Cc1cn(-c2ccc(Nc3nc(-c4ccc(C(F)(F)F)cc4)cc(C(C)C)n3)cc2C)cn1. The number of imidazole rings is 1. The van der Waals surface area contributed by atoms with Crippen molar-refractivity contribution in [3.05, 3.63) is 83.6 Å². The van der Waals surface area contributed by atoms with E-state index in [0.29, 0.717) is 17.2 Å². The molecule has 0 radical (unpaired) electrons. The van der Waals surface area contributed by atoms with Crippen molar-refractivity contribution in [2.75, 3.05) is 5.32 Å². The van der Waals surface area contributed by atoms with Crippen molar-refractivity contribution < 1.29 is 13.2 Å². The zero-order valence-corrected chi connectivity index (χ0v) is 18.8. The molecule has 0 aliphatic rings. The van der Waals surface area contributed by atoms with Crippen LogP contribution in [0.2, 0.25) is 0 Å². The van der Waals surface area contributed by atoms with Gasteiger partial charge in [-0.1, -0.05) is 26.0 Å². The molecule has 1 N–H and O–H groups in total. The van der Waals surface area contributed by atoms with E-state index in [1.165, 1.54) is 12.1 Å². The summed E-state index contributed by atoms with van der Waals surface area (Å²) >= 11 is 0. The molecular weight excluding hydrogens is 427 g/mol. The van der Waals surface area contributed by atoms with Crippen molar-refractivity contribution in [1.29, 1.82) is 0 Å². The Hall–Kier alpha value is -3.68. The van der Waals surface area contributed by atoms with Crippen molar-refractivity contribution in [2.45, 2.75) is 39.8 Å². The first kappa shape index (κ1) is 22.5. The number of nitrogens with one attached hydrogen (secondary N) is 1. The van der Waals surface area contributed by atoms with Crippen LogP contribution in [-0.2, 0) is 6.18 Å². The summed E-state index contributed by atoms with van der Waals surface area (Å²) in [4.78, 5) is 13.4. The smallest absolute Gasteiger partial charge is 0.324 e. The van der Waals surface area contributed by atoms with Gasteiger partial charge in [0, 0.05) is 28.8 Å². The summed E-state index contributed by atoms with van der Waals surface area (Å²) in [5, 5.41) is 3.24. The predicted octanol–water partition coefficient (Wildman–Crippen LogP) is 6.83. The van der Waals surface area contributed by atoms with Crippen molar-refractivity contribution in [1.82, 2.24) is 19.5 Å². The topological polar surface area (TPSA) is 55.6 Å². The third kappa shape index (κ3) is 5.05. The molecule has 0 spiro atoms. The Labute approximate surface area is 190 Å². The Morgan fingerprint density at radius 3 is 2.24 bits per heavy atom. The van der Waals surface area contributed by atoms with Crippen LogP contribution in [0.4, 0.5) is 24.8 Å². The number of rotatable bonds is 5. The first-order valence-electron chi connectivity index (χ1n) is 10.6. The standard InChI is InChI=1S/C25H24F3N5/c1-15(2)21-12-22(18-5-7-19(8-6-18)25(26,27)28)32-24(31-21)30-20-9-10-23(16(3)11-20)33-13-17(4)29-14-33/h5-15H,1-4H3,(H,30,31,32). The van der Waals surface area contributed by atoms with Gasteiger partial charge in [0.05, 0.1) is 23.3 Å². The van der Waals surface area contributed by atoms with Gasteiger partial charge in [-0.15, -0.1) is 0 Å². The Morgan fingerprint density at radius 2 is 1.67 bits per heavy atom. The zero-order valence-electron chi connectivity index (χ0n) is 18.8. The summed E-state index contributed by atoms with van der Waals surface area (Å²) in [6.45, 7) is 7.97. The lowest BCUT2D eigenvalue weighted by Crippen LogP contribution is -2.05. The maximum Gasteiger partial charge on any atom is 0.416 e. The number of nitrogens with zero attached hydrogens (tertiary/aromatic N) is 4. The summed E-state index contributed by atoms with van der Waals surface area (Å²) in [5.41, 5.74) is 5.07. The van der Waals surface area contributed by atoms with Gasteiger partial charge in [-0.25, -0.2) is 15.0 Å². The van der Waals surface area contributed by atoms with E-state index >= 15 is 0 Å². The molecule has 0 bridgehead atoms. The van der Waals surface area contributed by atoms with E-state index in [1.807, 2.05) is 62.7 Å². The quantitative estimate of drug-likeness (QED) is 0.361. The summed E-state index contributed by atoms with van der Waals surface area (Å²) < 4.78 is 40.8. The third-order valence-electron chi connectivity index (χ3n) is 5.29. The summed E-state index contributed by atoms with van der Waals surface area (Å²) in [5.74, 6) is 0.511. The fraction of sp³-hybridized carbons (Fsp3) is 0.240. The van der Waals surface area contributed by atoms with Crippen molar-refractivity contribution in [3.8, 4) is 16.9 Å². The minimum atomic E-state index is -4.38. The molecule has 2 aromatic carbocycles. The lowest BCUT2D eigenvalue weighted by molar-refractivity contribution is -0.137. The molecule has 0 amide bonds. The van der Waals surface area contributed by atoms with Crippen molar-refractivity contribution in [3.63, 3.8) is 0 Å². The molecule has 5 nitrogen and oxygen atoms in total. The molecule has 0 saturated carbocycles. The Morgan fingerprint density at radius 1 is 0.939 bits per heavy atom. The molecule has 0 aliphatic carbocycles. The lowest BCUT2D eigenvalue weighted by Gasteiger charge is -2.14. The first-order chi connectivity index (χ1) is 15.6. The molecule has 4 rings (SSSR count). The highest BCUT2D eigenvalue weighted by atomic mass is 19.4. The highest BCUT2D eigenvalue weighted by Gasteiger charge is 2.30. The fourth-order valence-electron chi connectivity index (χ4n) is 3.50. The van der Waals surface area contributed by atoms with Crippen LogP contribution < -0.4 is 5.32 Å². The number of halogens is 3. The minimum absolute atomic E-state index is 0.121. The second-order valence-electron chi connectivity index (χ2n) is 8.28. The summed E-state index contributed by atoms with van der Waals surface area (Å²) in [6, 6.07) is 12.7. The largest absolute Gasteiger partial charge is 0.416 e. The van der Waals surface area contributed by atoms with Gasteiger partial charge in [0.25, 0.3) is 0 Å². The normalized spacial score (nSPS) is 11.8. The first-order valence-corrected chi connectivity index (χ1v) is 10.6. The second-order valence-corrected chi connectivity index (χ2v) is 8.28. The molecule has 8 heteroatoms. The van der Waals surface area contributed by atoms with Crippen LogP contribution in [-0.4, -0.2) is 19.5 Å². The molecule has 0 atom stereocenters. The number of aromatic nitrogens is 4. The van der Waals surface area contributed by atoms with E-state index in [2.05, 4.69) is 20.3 Å². The van der Waals surface area contributed by atoms with Gasteiger partial charge in [0.1, 0.15) is 0 Å². The van der Waals surface area contributed by atoms with E-state index in [-0.39, 0.29) is 5.92 Å². The lowest BCUT2D eigenvalue weighted by atomic mass is 10.0. The molecule has 33 heavy (non-hydrogen) atoms. The van der Waals surface area contributed by atoms with Crippen LogP contribution in [0.25, 0.3) is 16.9 Å². The van der Waals surface area contributed by atoms with Gasteiger partial charge >= 0.3 is 6.18 Å². The van der Waals surface area contributed by atoms with E-state index in [9.17, 15) is 13.2 Å². The average Bonchev–Trinajstić information content (AvgIpc) is 3.19. The second kappa shape index (κ2) is 8.69. The molecule has 2 aromatic heterocycles. The van der Waals surface area contributed by atoms with E-state index in [1.54, 1.807) is 6.33 Å². The van der Waals surface area contributed by atoms with Crippen LogP contribution in [0.15, 0.2) is 61.1 Å². The number of hydrogen-bond acceptors (Lipinski definition) is 4. The van der Waals surface area contributed by atoms with Gasteiger partial charge in [0.2, 0.25) is 5.95 Å². The number of aryl methyl sites for hydroxylation is 2. The molecule has 0 aliphatic heterocycles. The maximum absolute atomic E-state index is 12.9. The van der Waals surface area contributed by atoms with E-state index < -0.39 is 11.7 Å². The Bertz CT molecular complexity index is 1270. The highest BCUT2D eigenvalue weighted by molar-refractivity contribution is 5.64. The molecule has 2 heterocycles. The predicted molar refractivity (Wildman–Crippen MR) is 123 cm³/mol. The highest BCUT2D eigenvalue weighted by Crippen LogP contribution is 2.31. The van der Waals surface area contributed by atoms with E-state index in [0.717, 1.165) is 40.5 Å². The summed E-state index contributed by atoms with van der Waals surface area (Å²) in [6.07, 6.45) is -0.642. The molecule has 0 saturated heterocycles. The van der Waals surface area contributed by atoms with Crippen molar-refractivity contribution in [2.24, 2.45) is 0 Å². The molecule has 170 valence electrons. The Balaban J connectivity index is 1.65. The van der Waals surface area contributed by atoms with E-state index in [4.69, 9.17) is 0 Å². The number of benzene rings is 2. The summed E-state index contributed by atoms with van der Waals surface area (Å²) in [7, 11) is 0. The van der Waals surface area contributed by atoms with Gasteiger partial charge in [-0.2, -0.15) is 13.2 Å². The minimum Gasteiger partial charge on any atom is -0.324 e. The van der Waals surface area contributed by atoms with Crippen LogP contribution >= 0.6 is 0 Å². The van der Waals surface area contributed by atoms with Gasteiger partial charge < -0.3 is 9.88 Å². The Kier molecular flexibility index (Phi) is 5.93. The van der Waals surface area contributed by atoms with Crippen LogP contribution in [0.5, 0.6) is 0 Å². The van der Waals surface area contributed by atoms with Crippen molar-refractivity contribution >= 4 is 11.6 Å². The maximum atomic E-state index is 12.9. The van der Waals surface area contributed by atoms with Gasteiger partial charge in [-0.3, -0.25) is 0 Å². The number of anilines is 2. The molecule has 4 aromatic rings. The number of alkyl halides is 3. The molecule has 0 unspecified atom stereocenters. The van der Waals surface area contributed by atoms with Crippen LogP contribution in [0.1, 0.15) is 42.3 Å². The van der Waals surface area contributed by atoms with Crippen LogP contribution in [0, 0.1) is 13.8 Å². The molecular formula is C25H24F3N5. The van der Waals surface area contributed by atoms with Gasteiger partial charge in [0.15, 0.2) is 0 Å². The average molecular weight is 451 g/mol. The third-order valence-corrected chi connectivity index (χ3v) is 5.29. The van der Waals surface area contributed by atoms with Gasteiger partial charge in [-0.05, 0) is 61.7 Å². The van der Waals surface area contributed by atoms with Crippen LogP contribution in [0.3, 0.4) is 0 Å². The fourth-order valence-corrected chi connectivity index (χ4v) is 3.50.